The van der Waals surface area contributed by atoms with Crippen LogP contribution in [0.15, 0.2) is 12.1 Å². The Kier molecular flexibility index (Phi) is 4.19. The normalized spacial score (nSPS) is 15.7. The highest BCUT2D eigenvalue weighted by atomic mass is 35.5. The van der Waals surface area contributed by atoms with Gasteiger partial charge in [0.25, 0.3) is 0 Å². The molecule has 0 amide bonds. The monoisotopic (exact) mass is 219 g/mol. The number of aliphatic hydroxyl groups excluding tert-OH is 1. The van der Waals surface area contributed by atoms with Gasteiger partial charge in [-0.25, -0.2) is 0 Å². The second-order valence-corrected chi connectivity index (χ2v) is 4.97. The van der Waals surface area contributed by atoms with Crippen molar-refractivity contribution in [2.45, 2.75) is 31.9 Å². The lowest BCUT2D eigenvalue weighted by Crippen LogP contribution is -2.31. The molecule has 2 atom stereocenters. The molecular formula is C9H14ClNOS. The maximum Gasteiger partial charge on any atom is 0.0931 e. The molecule has 13 heavy (non-hydrogen) atoms. The predicted octanol–water partition coefficient (Wildman–Crippen LogP) is 2.04. The number of hydrogen-bond acceptors (Lipinski definition) is 3. The molecule has 0 saturated carbocycles. The quantitative estimate of drug-likeness (QED) is 0.814. The third kappa shape index (κ3) is 3.65. The second kappa shape index (κ2) is 4.96. The molecule has 1 heterocycles. The minimum atomic E-state index is -0.416. The van der Waals surface area contributed by atoms with Crippen molar-refractivity contribution >= 4 is 22.9 Å². The maximum atomic E-state index is 9.44. The summed E-state index contributed by atoms with van der Waals surface area (Å²) in [6.45, 7) is 1.81. The molecule has 0 saturated heterocycles. The summed E-state index contributed by atoms with van der Waals surface area (Å²) in [5.41, 5.74) is 5.53. The van der Waals surface area contributed by atoms with E-state index < -0.39 is 6.10 Å². The molecule has 0 aliphatic heterocycles. The van der Waals surface area contributed by atoms with E-state index in [0.29, 0.717) is 6.42 Å². The summed E-state index contributed by atoms with van der Waals surface area (Å²) < 4.78 is 0.797. The fourth-order valence-electron chi connectivity index (χ4n) is 1.04. The Hall–Kier alpha value is -0.0900. The molecule has 1 aromatic rings. The Morgan fingerprint density at radius 1 is 1.62 bits per heavy atom. The van der Waals surface area contributed by atoms with Gasteiger partial charge in [0.15, 0.2) is 0 Å². The van der Waals surface area contributed by atoms with E-state index in [9.17, 15) is 5.11 Å². The van der Waals surface area contributed by atoms with Crippen LogP contribution in [0.5, 0.6) is 0 Å². The minimum Gasteiger partial charge on any atom is -0.392 e. The van der Waals surface area contributed by atoms with Crippen LogP contribution in [-0.2, 0) is 6.42 Å². The third-order valence-electron chi connectivity index (χ3n) is 1.92. The van der Waals surface area contributed by atoms with Crippen LogP contribution in [0.25, 0.3) is 0 Å². The van der Waals surface area contributed by atoms with Crippen molar-refractivity contribution < 1.29 is 5.11 Å². The molecule has 0 spiro atoms. The van der Waals surface area contributed by atoms with E-state index in [1.807, 2.05) is 19.1 Å². The SMILES string of the molecule is CC(N)C(O)CCc1ccc(Cl)s1. The Morgan fingerprint density at radius 3 is 2.77 bits per heavy atom. The van der Waals surface area contributed by atoms with Crippen LogP contribution in [0.4, 0.5) is 0 Å². The first-order chi connectivity index (χ1) is 6.09. The van der Waals surface area contributed by atoms with Crippen molar-refractivity contribution in [1.82, 2.24) is 0 Å². The molecule has 0 aliphatic carbocycles. The van der Waals surface area contributed by atoms with Crippen molar-refractivity contribution in [3.8, 4) is 0 Å². The summed E-state index contributed by atoms with van der Waals surface area (Å²) in [5, 5.41) is 9.44. The molecule has 2 unspecified atom stereocenters. The van der Waals surface area contributed by atoms with E-state index >= 15 is 0 Å². The van der Waals surface area contributed by atoms with Crippen LogP contribution >= 0.6 is 22.9 Å². The molecule has 4 heteroatoms. The number of rotatable bonds is 4. The summed E-state index contributed by atoms with van der Waals surface area (Å²) in [4.78, 5) is 1.20. The first-order valence-corrected chi connectivity index (χ1v) is 5.47. The lowest BCUT2D eigenvalue weighted by atomic mass is 10.1. The zero-order chi connectivity index (χ0) is 9.84. The maximum absolute atomic E-state index is 9.44. The molecule has 0 fully saturated rings. The Morgan fingerprint density at radius 2 is 2.31 bits per heavy atom. The van der Waals surface area contributed by atoms with Crippen molar-refractivity contribution in [3.63, 3.8) is 0 Å². The van der Waals surface area contributed by atoms with Gasteiger partial charge in [-0.1, -0.05) is 11.6 Å². The highest BCUT2D eigenvalue weighted by Gasteiger charge is 2.09. The topological polar surface area (TPSA) is 46.2 Å². The third-order valence-corrected chi connectivity index (χ3v) is 3.21. The average molecular weight is 220 g/mol. The number of thiophene rings is 1. The van der Waals surface area contributed by atoms with Crippen molar-refractivity contribution in [1.29, 1.82) is 0 Å². The summed E-state index contributed by atoms with van der Waals surface area (Å²) in [6, 6.07) is 3.70. The minimum absolute atomic E-state index is 0.157. The number of aliphatic hydroxyl groups is 1. The van der Waals surface area contributed by atoms with Crippen LogP contribution in [0.1, 0.15) is 18.2 Å². The Balaban J connectivity index is 2.35. The van der Waals surface area contributed by atoms with Gasteiger partial charge >= 0.3 is 0 Å². The lowest BCUT2D eigenvalue weighted by molar-refractivity contribution is 0.142. The Bertz CT molecular complexity index is 262. The van der Waals surface area contributed by atoms with Crippen molar-refractivity contribution in [3.05, 3.63) is 21.3 Å². The molecule has 2 nitrogen and oxygen atoms in total. The van der Waals surface area contributed by atoms with Gasteiger partial charge in [0.05, 0.1) is 10.4 Å². The highest BCUT2D eigenvalue weighted by Crippen LogP contribution is 2.22. The van der Waals surface area contributed by atoms with Gasteiger partial charge in [-0.15, -0.1) is 11.3 Å². The van der Waals surface area contributed by atoms with Crippen LogP contribution in [-0.4, -0.2) is 17.3 Å². The molecule has 0 bridgehead atoms. The van der Waals surface area contributed by atoms with Crippen molar-refractivity contribution in [2.75, 3.05) is 0 Å². The Labute approximate surface area is 87.3 Å². The van der Waals surface area contributed by atoms with E-state index in [1.54, 1.807) is 11.3 Å². The smallest absolute Gasteiger partial charge is 0.0931 e. The first-order valence-electron chi connectivity index (χ1n) is 4.27. The standard InChI is InChI=1S/C9H14ClNOS/c1-6(11)8(12)4-2-7-3-5-9(10)13-7/h3,5-6,8,12H,2,4,11H2,1H3. The average Bonchev–Trinajstić information content (AvgIpc) is 2.47. The van der Waals surface area contributed by atoms with Gasteiger partial charge in [0.1, 0.15) is 0 Å². The fraction of sp³-hybridized carbons (Fsp3) is 0.556. The lowest BCUT2D eigenvalue weighted by Gasteiger charge is -2.12. The zero-order valence-electron chi connectivity index (χ0n) is 7.53. The van der Waals surface area contributed by atoms with Gasteiger partial charge in [-0.2, -0.15) is 0 Å². The molecule has 1 aromatic heterocycles. The van der Waals surface area contributed by atoms with Gasteiger partial charge in [0, 0.05) is 10.9 Å². The fourth-order valence-corrected chi connectivity index (χ4v) is 2.14. The molecular weight excluding hydrogens is 206 g/mol. The molecule has 74 valence electrons. The summed E-state index contributed by atoms with van der Waals surface area (Å²) in [7, 11) is 0. The highest BCUT2D eigenvalue weighted by molar-refractivity contribution is 7.16. The molecule has 0 aliphatic rings. The largest absolute Gasteiger partial charge is 0.392 e. The van der Waals surface area contributed by atoms with Crippen LogP contribution < -0.4 is 5.73 Å². The number of nitrogens with two attached hydrogens (primary N) is 1. The van der Waals surface area contributed by atoms with Gasteiger partial charge < -0.3 is 10.8 Å². The number of halogens is 1. The van der Waals surface area contributed by atoms with Crippen LogP contribution in [0.3, 0.4) is 0 Å². The van der Waals surface area contributed by atoms with E-state index in [-0.39, 0.29) is 6.04 Å². The van der Waals surface area contributed by atoms with Crippen molar-refractivity contribution in [2.24, 2.45) is 5.73 Å². The van der Waals surface area contributed by atoms with Gasteiger partial charge in [-0.3, -0.25) is 0 Å². The zero-order valence-corrected chi connectivity index (χ0v) is 9.11. The molecule has 0 aromatic carbocycles. The van der Waals surface area contributed by atoms with E-state index in [0.717, 1.165) is 10.8 Å². The first kappa shape index (κ1) is 11.0. The van der Waals surface area contributed by atoms with Crippen LogP contribution in [0, 0.1) is 0 Å². The van der Waals surface area contributed by atoms with Gasteiger partial charge in [0.2, 0.25) is 0 Å². The summed E-state index contributed by atoms with van der Waals surface area (Å²) in [5.74, 6) is 0. The number of aryl methyl sites for hydroxylation is 1. The van der Waals surface area contributed by atoms with Gasteiger partial charge in [-0.05, 0) is 31.9 Å². The molecule has 3 N–H and O–H groups in total. The second-order valence-electron chi connectivity index (χ2n) is 3.17. The summed E-state index contributed by atoms with van der Waals surface area (Å²) >= 11 is 7.32. The molecule has 0 radical (unpaired) electrons. The van der Waals surface area contributed by atoms with E-state index in [1.165, 1.54) is 4.88 Å². The predicted molar refractivity (Wildman–Crippen MR) is 57.3 cm³/mol. The molecule has 1 rings (SSSR count). The number of hydrogen-bond donors (Lipinski definition) is 2. The summed E-state index contributed by atoms with van der Waals surface area (Å²) in [6.07, 6.45) is 1.13. The van der Waals surface area contributed by atoms with E-state index in [2.05, 4.69) is 0 Å². The van der Waals surface area contributed by atoms with E-state index in [4.69, 9.17) is 17.3 Å². The van der Waals surface area contributed by atoms with Crippen LogP contribution in [0.2, 0.25) is 4.34 Å².